The van der Waals surface area contributed by atoms with E-state index in [2.05, 4.69) is 17.4 Å². The fraction of sp³-hybridized carbons (Fsp3) is 0.412. The zero-order chi connectivity index (χ0) is 15.5. The van der Waals surface area contributed by atoms with Gasteiger partial charge in [-0.3, -0.25) is 0 Å². The van der Waals surface area contributed by atoms with Crippen LogP contribution in [-0.2, 0) is 6.42 Å². The van der Waals surface area contributed by atoms with Crippen LogP contribution in [0.1, 0.15) is 42.8 Å². The molecule has 2 heterocycles. The molecule has 1 aliphatic heterocycles. The van der Waals surface area contributed by atoms with Gasteiger partial charge in [-0.1, -0.05) is 30.3 Å². The van der Waals surface area contributed by atoms with E-state index in [-0.39, 0.29) is 12.1 Å². The first-order chi connectivity index (χ1) is 10.7. The van der Waals surface area contributed by atoms with Crippen molar-refractivity contribution >= 4 is 11.7 Å². The Hall–Kier alpha value is -2.30. The standard InChI is InChI=1S/C17H21N3O2/c1-3-13-7-4-5-8-14(13)18-17(21)20-10-6-9-16(20)15-11-12(2)22-19-15/h4-5,7-8,11,16H,3,6,9-10H2,1-2H3,(H,18,21). The summed E-state index contributed by atoms with van der Waals surface area (Å²) in [6, 6.07) is 9.77. The van der Waals surface area contributed by atoms with Crippen LogP contribution in [0.15, 0.2) is 34.9 Å². The van der Waals surface area contributed by atoms with Crippen LogP contribution >= 0.6 is 0 Å². The lowest BCUT2D eigenvalue weighted by molar-refractivity contribution is 0.204. The van der Waals surface area contributed by atoms with Gasteiger partial charge in [0, 0.05) is 18.3 Å². The molecule has 1 aliphatic rings. The number of benzene rings is 1. The van der Waals surface area contributed by atoms with E-state index in [9.17, 15) is 4.79 Å². The Bertz CT molecular complexity index is 665. The Morgan fingerprint density at radius 2 is 2.27 bits per heavy atom. The highest BCUT2D eigenvalue weighted by atomic mass is 16.5. The van der Waals surface area contributed by atoms with Crippen molar-refractivity contribution in [1.29, 1.82) is 0 Å². The number of rotatable bonds is 3. The predicted molar refractivity (Wildman–Crippen MR) is 84.8 cm³/mol. The molecule has 0 aliphatic carbocycles. The second-order valence-corrected chi connectivity index (χ2v) is 5.65. The minimum Gasteiger partial charge on any atom is -0.361 e. The first-order valence-corrected chi connectivity index (χ1v) is 7.77. The van der Waals surface area contributed by atoms with E-state index in [0.717, 1.165) is 48.5 Å². The van der Waals surface area contributed by atoms with Crippen molar-refractivity contribution in [1.82, 2.24) is 10.1 Å². The largest absolute Gasteiger partial charge is 0.361 e. The number of likely N-dealkylation sites (tertiary alicyclic amines) is 1. The maximum absolute atomic E-state index is 12.6. The lowest BCUT2D eigenvalue weighted by Gasteiger charge is -2.24. The first-order valence-electron chi connectivity index (χ1n) is 7.77. The van der Waals surface area contributed by atoms with Crippen molar-refractivity contribution in [3.05, 3.63) is 47.3 Å². The summed E-state index contributed by atoms with van der Waals surface area (Å²) < 4.78 is 5.15. The van der Waals surface area contributed by atoms with Crippen molar-refractivity contribution in [3.8, 4) is 0 Å². The van der Waals surface area contributed by atoms with Crippen molar-refractivity contribution in [2.75, 3.05) is 11.9 Å². The number of hydrogen-bond donors (Lipinski definition) is 1. The zero-order valence-corrected chi connectivity index (χ0v) is 13.0. The van der Waals surface area contributed by atoms with Crippen LogP contribution in [0.4, 0.5) is 10.5 Å². The number of aryl methyl sites for hydroxylation is 2. The second-order valence-electron chi connectivity index (χ2n) is 5.65. The third-order valence-corrected chi connectivity index (χ3v) is 4.14. The van der Waals surface area contributed by atoms with Crippen molar-refractivity contribution in [2.24, 2.45) is 0 Å². The van der Waals surface area contributed by atoms with E-state index in [1.54, 1.807) is 0 Å². The van der Waals surface area contributed by atoms with Gasteiger partial charge in [-0.25, -0.2) is 4.79 Å². The number of hydrogen-bond acceptors (Lipinski definition) is 3. The molecule has 116 valence electrons. The molecule has 1 atom stereocenters. The molecule has 0 radical (unpaired) electrons. The van der Waals surface area contributed by atoms with E-state index in [1.807, 2.05) is 42.2 Å². The lowest BCUT2D eigenvalue weighted by atomic mass is 10.1. The van der Waals surface area contributed by atoms with Crippen molar-refractivity contribution in [2.45, 2.75) is 39.2 Å². The summed E-state index contributed by atoms with van der Waals surface area (Å²) >= 11 is 0. The van der Waals surface area contributed by atoms with Crippen LogP contribution in [0.3, 0.4) is 0 Å². The molecule has 0 spiro atoms. The summed E-state index contributed by atoms with van der Waals surface area (Å²) in [6.45, 7) is 4.70. The van der Waals surface area contributed by atoms with Gasteiger partial charge < -0.3 is 14.7 Å². The summed E-state index contributed by atoms with van der Waals surface area (Å²) in [6.07, 6.45) is 2.80. The maximum atomic E-state index is 12.6. The Morgan fingerprint density at radius 3 is 3.00 bits per heavy atom. The fourth-order valence-corrected chi connectivity index (χ4v) is 3.00. The van der Waals surface area contributed by atoms with Crippen LogP contribution in [0.2, 0.25) is 0 Å². The molecular formula is C17H21N3O2. The van der Waals surface area contributed by atoms with Gasteiger partial charge in [-0.2, -0.15) is 0 Å². The van der Waals surface area contributed by atoms with Crippen LogP contribution < -0.4 is 5.32 Å². The smallest absolute Gasteiger partial charge is 0.322 e. The Balaban J connectivity index is 1.76. The van der Waals surface area contributed by atoms with E-state index < -0.39 is 0 Å². The van der Waals surface area contributed by atoms with E-state index in [1.165, 1.54) is 0 Å². The molecule has 5 heteroatoms. The molecule has 5 nitrogen and oxygen atoms in total. The number of carbonyl (C=O) groups excluding carboxylic acids is 1. The van der Waals surface area contributed by atoms with Crippen molar-refractivity contribution in [3.63, 3.8) is 0 Å². The van der Waals surface area contributed by atoms with Gasteiger partial charge in [0.2, 0.25) is 0 Å². The molecule has 1 aromatic carbocycles. The molecule has 1 aromatic heterocycles. The Kier molecular flexibility index (Phi) is 4.13. The molecule has 2 amide bonds. The SMILES string of the molecule is CCc1ccccc1NC(=O)N1CCCC1c1cc(C)on1. The topological polar surface area (TPSA) is 58.4 Å². The molecule has 3 rings (SSSR count). The highest BCUT2D eigenvalue weighted by molar-refractivity contribution is 5.90. The summed E-state index contributed by atoms with van der Waals surface area (Å²) in [5.74, 6) is 0.776. The first kappa shape index (κ1) is 14.6. The van der Waals surface area contributed by atoms with E-state index >= 15 is 0 Å². The van der Waals surface area contributed by atoms with Crippen LogP contribution in [0.5, 0.6) is 0 Å². The monoisotopic (exact) mass is 299 g/mol. The molecule has 1 unspecified atom stereocenters. The summed E-state index contributed by atoms with van der Waals surface area (Å²) in [5, 5.41) is 7.11. The predicted octanol–water partition coefficient (Wildman–Crippen LogP) is 3.91. The fourth-order valence-electron chi connectivity index (χ4n) is 3.00. The highest BCUT2D eigenvalue weighted by Crippen LogP contribution is 2.32. The average Bonchev–Trinajstić information content (AvgIpc) is 3.16. The number of carbonyl (C=O) groups is 1. The number of para-hydroxylation sites is 1. The number of aromatic nitrogens is 1. The maximum Gasteiger partial charge on any atom is 0.322 e. The van der Waals surface area contributed by atoms with Gasteiger partial charge >= 0.3 is 6.03 Å². The molecule has 0 saturated carbocycles. The average molecular weight is 299 g/mol. The van der Waals surface area contributed by atoms with Gasteiger partial charge in [0.15, 0.2) is 0 Å². The van der Waals surface area contributed by atoms with E-state index in [4.69, 9.17) is 4.52 Å². The number of urea groups is 1. The zero-order valence-electron chi connectivity index (χ0n) is 13.0. The molecular weight excluding hydrogens is 278 g/mol. The quantitative estimate of drug-likeness (QED) is 0.934. The van der Waals surface area contributed by atoms with Gasteiger partial charge in [-0.15, -0.1) is 0 Å². The molecule has 1 N–H and O–H groups in total. The van der Waals surface area contributed by atoms with Gasteiger partial charge in [0.1, 0.15) is 11.5 Å². The molecule has 1 saturated heterocycles. The molecule has 1 fully saturated rings. The van der Waals surface area contributed by atoms with Crippen LogP contribution in [-0.4, -0.2) is 22.6 Å². The number of anilines is 1. The summed E-state index contributed by atoms with van der Waals surface area (Å²) in [5.41, 5.74) is 2.87. The lowest BCUT2D eigenvalue weighted by Crippen LogP contribution is -2.34. The Morgan fingerprint density at radius 1 is 1.45 bits per heavy atom. The van der Waals surface area contributed by atoms with Gasteiger partial charge in [0.05, 0.1) is 6.04 Å². The van der Waals surface area contributed by atoms with Crippen LogP contribution in [0, 0.1) is 6.92 Å². The van der Waals surface area contributed by atoms with Gasteiger partial charge in [0.25, 0.3) is 0 Å². The molecule has 22 heavy (non-hydrogen) atoms. The molecule has 0 bridgehead atoms. The highest BCUT2D eigenvalue weighted by Gasteiger charge is 2.32. The second kappa shape index (κ2) is 6.22. The summed E-state index contributed by atoms with van der Waals surface area (Å²) in [4.78, 5) is 14.5. The number of nitrogens with one attached hydrogen (secondary N) is 1. The number of nitrogens with zero attached hydrogens (tertiary/aromatic N) is 2. The number of amides is 2. The van der Waals surface area contributed by atoms with E-state index in [0.29, 0.717) is 0 Å². The minimum atomic E-state index is -0.0657. The summed E-state index contributed by atoms with van der Waals surface area (Å²) in [7, 11) is 0. The van der Waals surface area contributed by atoms with Crippen molar-refractivity contribution < 1.29 is 9.32 Å². The Labute approximate surface area is 130 Å². The minimum absolute atomic E-state index is 0.00578. The third-order valence-electron chi connectivity index (χ3n) is 4.14. The van der Waals surface area contributed by atoms with Gasteiger partial charge in [-0.05, 0) is 37.8 Å². The normalized spacial score (nSPS) is 17.7. The molecule has 2 aromatic rings. The third kappa shape index (κ3) is 2.84. The van der Waals surface area contributed by atoms with Crippen LogP contribution in [0.25, 0.3) is 0 Å².